The van der Waals surface area contributed by atoms with Crippen molar-refractivity contribution in [3.05, 3.63) is 6.33 Å². The quantitative estimate of drug-likeness (QED) is 0.643. The normalized spacial score (nSPS) is 19.7. The van der Waals surface area contributed by atoms with Gasteiger partial charge in [0.25, 0.3) is 0 Å². The van der Waals surface area contributed by atoms with E-state index in [1.54, 1.807) is 6.92 Å². The molecule has 1 saturated heterocycles. The molecule has 3 N–H and O–H groups in total. The summed E-state index contributed by atoms with van der Waals surface area (Å²) < 4.78 is 4.98. The van der Waals surface area contributed by atoms with E-state index in [0.717, 1.165) is 0 Å². The second kappa shape index (κ2) is 4.47. The van der Waals surface area contributed by atoms with E-state index < -0.39 is 11.9 Å². The van der Waals surface area contributed by atoms with Crippen molar-refractivity contribution < 1.29 is 14.3 Å². The molecule has 0 aromatic carbocycles. The van der Waals surface area contributed by atoms with Crippen LogP contribution < -0.4 is 20.7 Å². The first-order valence-corrected chi connectivity index (χ1v) is 5.29. The van der Waals surface area contributed by atoms with Crippen LogP contribution in [-0.2, 0) is 9.59 Å². The second-order valence-corrected chi connectivity index (χ2v) is 3.84. The van der Waals surface area contributed by atoms with Crippen molar-refractivity contribution >= 4 is 23.3 Å². The topological polar surface area (TPSA) is 110 Å². The molecule has 18 heavy (non-hydrogen) atoms. The second-order valence-electron chi connectivity index (χ2n) is 3.84. The molecule has 0 aliphatic carbocycles. The summed E-state index contributed by atoms with van der Waals surface area (Å²) in [5, 5.41) is 2.24. The Hall–Kier alpha value is -2.38. The lowest BCUT2D eigenvalue weighted by Crippen LogP contribution is -2.57. The summed E-state index contributed by atoms with van der Waals surface area (Å²) in [5.41, 5.74) is 6.05. The van der Waals surface area contributed by atoms with E-state index >= 15 is 0 Å². The molecule has 1 unspecified atom stereocenters. The highest BCUT2D eigenvalue weighted by Crippen LogP contribution is 2.29. The molecule has 96 valence electrons. The van der Waals surface area contributed by atoms with Crippen LogP contribution in [0.1, 0.15) is 6.92 Å². The van der Waals surface area contributed by atoms with Gasteiger partial charge < -0.3 is 15.4 Å². The van der Waals surface area contributed by atoms with Crippen LogP contribution >= 0.6 is 0 Å². The minimum Gasteiger partial charge on any atom is -0.479 e. The number of nitrogens with one attached hydrogen (secondary N) is 1. The summed E-state index contributed by atoms with van der Waals surface area (Å²) in [6.07, 6.45) is 1.27. The van der Waals surface area contributed by atoms with Crippen LogP contribution in [0.4, 0.5) is 11.5 Å². The highest BCUT2D eigenvalue weighted by atomic mass is 16.5. The third-order valence-electron chi connectivity index (χ3n) is 2.72. The molecule has 1 aromatic rings. The first-order valence-electron chi connectivity index (χ1n) is 5.29. The number of imide groups is 1. The molecule has 2 heterocycles. The van der Waals surface area contributed by atoms with E-state index in [1.165, 1.54) is 18.3 Å². The number of hydrogen-bond acceptors (Lipinski definition) is 7. The van der Waals surface area contributed by atoms with Gasteiger partial charge in [0, 0.05) is 0 Å². The number of nitrogens with two attached hydrogens (primary N) is 1. The van der Waals surface area contributed by atoms with Crippen LogP contribution in [0.15, 0.2) is 6.33 Å². The van der Waals surface area contributed by atoms with Gasteiger partial charge >= 0.3 is 0 Å². The number of carbonyl (C=O) groups excluding carboxylic acids is 2. The van der Waals surface area contributed by atoms with E-state index in [-0.39, 0.29) is 24.0 Å². The zero-order valence-corrected chi connectivity index (χ0v) is 10.0. The number of amides is 2. The lowest BCUT2D eigenvalue weighted by Gasteiger charge is -2.33. The summed E-state index contributed by atoms with van der Waals surface area (Å²) in [5.74, 6) is -0.249. The maximum atomic E-state index is 11.6. The Labute approximate surface area is 103 Å². The van der Waals surface area contributed by atoms with E-state index in [0.29, 0.717) is 5.82 Å². The number of piperazine rings is 1. The molecule has 1 aromatic heterocycles. The van der Waals surface area contributed by atoms with Gasteiger partial charge in [-0.3, -0.25) is 14.9 Å². The lowest BCUT2D eigenvalue weighted by atomic mass is 10.2. The molecule has 0 bridgehead atoms. The van der Waals surface area contributed by atoms with Crippen LogP contribution in [0, 0.1) is 0 Å². The minimum absolute atomic E-state index is 0.0112. The Morgan fingerprint density at radius 2 is 2.22 bits per heavy atom. The largest absolute Gasteiger partial charge is 0.479 e. The van der Waals surface area contributed by atoms with Gasteiger partial charge in [0.15, 0.2) is 5.82 Å². The first kappa shape index (κ1) is 12.1. The van der Waals surface area contributed by atoms with Gasteiger partial charge in [-0.2, -0.15) is 4.98 Å². The molecule has 1 aliphatic heterocycles. The molecule has 1 fully saturated rings. The molecule has 8 heteroatoms. The molecular formula is C10H13N5O3. The predicted molar refractivity (Wildman–Crippen MR) is 63.0 cm³/mol. The number of ether oxygens (including phenoxy) is 1. The average molecular weight is 251 g/mol. The van der Waals surface area contributed by atoms with Crippen molar-refractivity contribution in [1.82, 2.24) is 15.3 Å². The van der Waals surface area contributed by atoms with Gasteiger partial charge in [0.1, 0.15) is 18.1 Å². The van der Waals surface area contributed by atoms with Crippen molar-refractivity contribution in [2.45, 2.75) is 13.0 Å². The smallest absolute Gasteiger partial charge is 0.249 e. The van der Waals surface area contributed by atoms with Crippen LogP contribution in [0.5, 0.6) is 5.88 Å². The fraction of sp³-hybridized carbons (Fsp3) is 0.400. The lowest BCUT2D eigenvalue weighted by molar-refractivity contribution is -0.132. The van der Waals surface area contributed by atoms with E-state index in [2.05, 4.69) is 15.3 Å². The third kappa shape index (κ3) is 1.92. The molecule has 1 aliphatic rings. The Morgan fingerprint density at radius 1 is 1.50 bits per heavy atom. The molecule has 1 atom stereocenters. The molecule has 2 amide bonds. The maximum Gasteiger partial charge on any atom is 0.249 e. The van der Waals surface area contributed by atoms with Crippen molar-refractivity contribution in [2.24, 2.45) is 0 Å². The predicted octanol–water partition coefficient (Wildman–Crippen LogP) is -1.08. The van der Waals surface area contributed by atoms with Crippen LogP contribution in [0.25, 0.3) is 0 Å². The van der Waals surface area contributed by atoms with Gasteiger partial charge in [-0.15, -0.1) is 0 Å². The van der Waals surface area contributed by atoms with Gasteiger partial charge in [-0.1, -0.05) is 0 Å². The molecule has 2 rings (SSSR count). The van der Waals surface area contributed by atoms with Gasteiger partial charge in [-0.25, -0.2) is 4.98 Å². The number of nitrogen functional groups attached to an aromatic ring is 1. The highest BCUT2D eigenvalue weighted by Gasteiger charge is 2.32. The SMILES string of the molecule is COc1ncnc(N2CC(=O)NC(=O)C2C)c1N. The highest BCUT2D eigenvalue weighted by molar-refractivity contribution is 6.04. The zero-order chi connectivity index (χ0) is 13.3. The fourth-order valence-electron chi connectivity index (χ4n) is 1.74. The van der Waals surface area contributed by atoms with Crippen molar-refractivity contribution in [3.63, 3.8) is 0 Å². The summed E-state index contributed by atoms with van der Waals surface area (Å²) in [6, 6.07) is -0.537. The number of nitrogens with zero attached hydrogens (tertiary/aromatic N) is 3. The monoisotopic (exact) mass is 251 g/mol. The minimum atomic E-state index is -0.537. The maximum absolute atomic E-state index is 11.6. The fourth-order valence-corrected chi connectivity index (χ4v) is 1.74. The summed E-state index contributed by atoms with van der Waals surface area (Å²) in [4.78, 5) is 32.3. The number of carbonyl (C=O) groups is 2. The Balaban J connectivity index is 2.41. The first-order chi connectivity index (χ1) is 8.54. The molecule has 0 saturated carbocycles. The van der Waals surface area contributed by atoms with E-state index in [1.807, 2.05) is 0 Å². The number of rotatable bonds is 2. The van der Waals surface area contributed by atoms with Crippen molar-refractivity contribution in [1.29, 1.82) is 0 Å². The van der Waals surface area contributed by atoms with Crippen LogP contribution in [0.3, 0.4) is 0 Å². The van der Waals surface area contributed by atoms with Gasteiger partial charge in [-0.05, 0) is 6.92 Å². The molecule has 0 spiro atoms. The molecular weight excluding hydrogens is 238 g/mol. The summed E-state index contributed by atoms with van der Waals surface area (Å²) >= 11 is 0. The zero-order valence-electron chi connectivity index (χ0n) is 10.0. The summed E-state index contributed by atoms with van der Waals surface area (Å²) in [7, 11) is 1.43. The molecule has 8 nitrogen and oxygen atoms in total. The average Bonchev–Trinajstić information content (AvgIpc) is 2.34. The number of anilines is 2. The van der Waals surface area contributed by atoms with E-state index in [4.69, 9.17) is 10.5 Å². The third-order valence-corrected chi connectivity index (χ3v) is 2.72. The van der Waals surface area contributed by atoms with Gasteiger partial charge in [0.2, 0.25) is 17.7 Å². The van der Waals surface area contributed by atoms with Crippen LogP contribution in [-0.4, -0.2) is 41.5 Å². The van der Waals surface area contributed by atoms with E-state index in [9.17, 15) is 9.59 Å². The van der Waals surface area contributed by atoms with Crippen LogP contribution in [0.2, 0.25) is 0 Å². The molecule has 0 radical (unpaired) electrons. The Morgan fingerprint density at radius 3 is 2.89 bits per heavy atom. The standard InChI is InChI=1S/C10H13N5O3/c1-5-9(17)14-6(16)3-15(5)8-7(11)10(18-2)13-4-12-8/h4-5H,3,11H2,1-2H3,(H,14,16,17). The number of hydrogen-bond donors (Lipinski definition) is 2. The summed E-state index contributed by atoms with van der Waals surface area (Å²) in [6.45, 7) is 1.67. The Kier molecular flexibility index (Phi) is 3.00. The number of methoxy groups -OCH3 is 1. The van der Waals surface area contributed by atoms with Gasteiger partial charge in [0.05, 0.1) is 13.7 Å². The van der Waals surface area contributed by atoms with Crippen molar-refractivity contribution in [3.8, 4) is 5.88 Å². The Bertz CT molecular complexity index is 504. The van der Waals surface area contributed by atoms with Crippen molar-refractivity contribution in [2.75, 3.05) is 24.3 Å². The number of aromatic nitrogens is 2.